The van der Waals surface area contributed by atoms with Crippen molar-refractivity contribution in [2.24, 2.45) is 0 Å². The number of aliphatic hydroxyl groups is 1. The Balaban J connectivity index is 1.88. The minimum Gasteiger partial charge on any atom is -0.483 e. The van der Waals surface area contributed by atoms with Crippen molar-refractivity contribution in [3.05, 3.63) is 59.1 Å². The second kappa shape index (κ2) is 8.39. The molecule has 0 aliphatic rings. The third-order valence-electron chi connectivity index (χ3n) is 4.48. The molecule has 3 heterocycles. The third-order valence-corrected chi connectivity index (χ3v) is 4.48. The van der Waals surface area contributed by atoms with Crippen LogP contribution in [0, 0.1) is 19.7 Å². The molecule has 160 valence electrons. The number of carbonyl (C=O) groups is 1. The molecule has 3 rings (SSSR count). The molecule has 0 fully saturated rings. The number of hydrogen-bond donors (Lipinski definition) is 1. The number of fused-ring (bicyclic) bond motifs is 1. The summed E-state index contributed by atoms with van der Waals surface area (Å²) in [7, 11) is 0. The second-order valence-electron chi connectivity index (χ2n) is 6.86. The number of halogens is 4. The Morgan fingerprint density at radius 1 is 1.33 bits per heavy atom. The van der Waals surface area contributed by atoms with E-state index >= 15 is 0 Å². The highest BCUT2D eigenvalue weighted by Gasteiger charge is 2.38. The summed E-state index contributed by atoms with van der Waals surface area (Å²) in [5, 5.41) is 9.15. The Morgan fingerprint density at radius 2 is 2.07 bits per heavy atom. The van der Waals surface area contributed by atoms with Crippen molar-refractivity contribution in [3.63, 3.8) is 0 Å². The number of ether oxygens (including phenoxy) is 1. The zero-order chi connectivity index (χ0) is 22.1. The summed E-state index contributed by atoms with van der Waals surface area (Å²) in [5.74, 6) is -0.840. The SMILES string of the molecule is Cc1cc(OCc2ncccc2F)c2nc(C)c(C(=O)CCC(O)C(F)(F)F)n2c1. The topological polar surface area (TPSA) is 76.7 Å². The molecule has 0 aliphatic carbocycles. The van der Waals surface area contributed by atoms with Gasteiger partial charge in [0.05, 0.1) is 5.69 Å². The van der Waals surface area contributed by atoms with Crippen LogP contribution >= 0.6 is 0 Å². The molecule has 3 aromatic heterocycles. The molecule has 30 heavy (non-hydrogen) atoms. The van der Waals surface area contributed by atoms with Gasteiger partial charge < -0.3 is 9.84 Å². The van der Waals surface area contributed by atoms with Gasteiger partial charge in [0.2, 0.25) is 0 Å². The number of Topliss-reactive ketones (excluding diaryl/α,β-unsaturated/α-hetero) is 1. The molecule has 1 atom stereocenters. The van der Waals surface area contributed by atoms with Gasteiger partial charge in [-0.15, -0.1) is 0 Å². The maximum atomic E-state index is 13.8. The molecule has 3 aromatic rings. The molecular formula is C20H19F4N3O3. The van der Waals surface area contributed by atoms with Crippen LogP contribution in [0.3, 0.4) is 0 Å². The fraction of sp³-hybridized carbons (Fsp3) is 0.350. The largest absolute Gasteiger partial charge is 0.483 e. The number of aryl methyl sites for hydroxylation is 2. The average Bonchev–Trinajstić information content (AvgIpc) is 3.00. The van der Waals surface area contributed by atoms with Crippen molar-refractivity contribution in [1.82, 2.24) is 14.4 Å². The Labute approximate surface area is 169 Å². The summed E-state index contributed by atoms with van der Waals surface area (Å²) in [6.07, 6.45) is -5.57. The lowest BCUT2D eigenvalue weighted by Gasteiger charge is -2.14. The number of aromatic nitrogens is 3. The third kappa shape index (κ3) is 4.59. The number of ketones is 1. The molecule has 0 aliphatic heterocycles. The average molecular weight is 425 g/mol. The summed E-state index contributed by atoms with van der Waals surface area (Å²) in [4.78, 5) is 20.8. The van der Waals surface area contributed by atoms with Gasteiger partial charge in [-0.2, -0.15) is 13.2 Å². The van der Waals surface area contributed by atoms with Crippen LogP contribution in [0.15, 0.2) is 30.6 Å². The zero-order valence-corrected chi connectivity index (χ0v) is 16.2. The van der Waals surface area contributed by atoms with Crippen LogP contribution < -0.4 is 4.74 Å². The number of imidazole rings is 1. The molecule has 0 saturated carbocycles. The number of hydrogen-bond acceptors (Lipinski definition) is 5. The molecule has 6 nitrogen and oxygen atoms in total. The van der Waals surface area contributed by atoms with Crippen molar-refractivity contribution < 1.29 is 32.2 Å². The quantitative estimate of drug-likeness (QED) is 0.458. The molecule has 1 unspecified atom stereocenters. The van der Waals surface area contributed by atoms with Gasteiger partial charge in [-0.1, -0.05) is 0 Å². The van der Waals surface area contributed by atoms with Gasteiger partial charge in [-0.3, -0.25) is 14.2 Å². The minimum absolute atomic E-state index is 0.0953. The highest BCUT2D eigenvalue weighted by atomic mass is 19.4. The predicted octanol–water partition coefficient (Wildman–Crippen LogP) is 3.95. The zero-order valence-electron chi connectivity index (χ0n) is 16.2. The number of alkyl halides is 3. The highest BCUT2D eigenvalue weighted by molar-refractivity contribution is 5.96. The first-order valence-corrected chi connectivity index (χ1v) is 9.07. The van der Waals surface area contributed by atoms with E-state index in [1.54, 1.807) is 26.1 Å². The summed E-state index contributed by atoms with van der Waals surface area (Å²) in [6, 6.07) is 4.36. The maximum Gasteiger partial charge on any atom is 0.414 e. The van der Waals surface area contributed by atoms with E-state index in [2.05, 4.69) is 9.97 Å². The fourth-order valence-electron chi connectivity index (χ4n) is 3.02. The van der Waals surface area contributed by atoms with E-state index in [4.69, 9.17) is 9.84 Å². The lowest BCUT2D eigenvalue weighted by Crippen LogP contribution is -2.29. The van der Waals surface area contributed by atoms with Crippen LogP contribution in [-0.4, -0.2) is 37.5 Å². The molecule has 0 saturated heterocycles. The molecule has 10 heteroatoms. The van der Waals surface area contributed by atoms with Gasteiger partial charge in [-0.25, -0.2) is 9.37 Å². The van der Waals surface area contributed by atoms with Crippen molar-refractivity contribution in [2.75, 3.05) is 0 Å². The lowest BCUT2D eigenvalue weighted by molar-refractivity contribution is -0.204. The Bertz CT molecular complexity index is 1080. The first-order chi connectivity index (χ1) is 14.1. The van der Waals surface area contributed by atoms with E-state index in [9.17, 15) is 22.4 Å². The first-order valence-electron chi connectivity index (χ1n) is 9.07. The first kappa shape index (κ1) is 21.7. The summed E-state index contributed by atoms with van der Waals surface area (Å²) in [6.45, 7) is 3.13. The second-order valence-corrected chi connectivity index (χ2v) is 6.86. The number of pyridine rings is 2. The van der Waals surface area contributed by atoms with Crippen LogP contribution in [0.4, 0.5) is 17.6 Å². The van der Waals surface area contributed by atoms with Crippen LogP contribution in [0.25, 0.3) is 5.65 Å². The normalized spacial score (nSPS) is 12.9. The van der Waals surface area contributed by atoms with Crippen LogP contribution in [0.5, 0.6) is 5.75 Å². The Morgan fingerprint density at radius 3 is 2.73 bits per heavy atom. The van der Waals surface area contributed by atoms with E-state index in [1.165, 1.54) is 22.7 Å². The van der Waals surface area contributed by atoms with Crippen LogP contribution in [-0.2, 0) is 6.61 Å². The van der Waals surface area contributed by atoms with Crippen molar-refractivity contribution in [1.29, 1.82) is 0 Å². The highest BCUT2D eigenvalue weighted by Crippen LogP contribution is 2.27. The van der Waals surface area contributed by atoms with Crippen molar-refractivity contribution >= 4 is 11.4 Å². The molecular weight excluding hydrogens is 406 g/mol. The van der Waals surface area contributed by atoms with E-state index in [1.807, 2.05) is 0 Å². The number of nitrogens with zero attached hydrogens (tertiary/aromatic N) is 3. The molecule has 1 N–H and O–H groups in total. The van der Waals surface area contributed by atoms with Crippen LogP contribution in [0.2, 0.25) is 0 Å². The van der Waals surface area contributed by atoms with E-state index in [-0.39, 0.29) is 29.4 Å². The summed E-state index contributed by atoms with van der Waals surface area (Å²) in [5.41, 5.74) is 1.48. The Hall–Kier alpha value is -3.01. The van der Waals surface area contributed by atoms with E-state index in [0.717, 1.165) is 0 Å². The number of carbonyl (C=O) groups excluding carboxylic acids is 1. The predicted molar refractivity (Wildman–Crippen MR) is 98.8 cm³/mol. The summed E-state index contributed by atoms with van der Waals surface area (Å²) >= 11 is 0. The van der Waals surface area contributed by atoms with Gasteiger partial charge in [0.25, 0.3) is 0 Å². The molecule has 0 spiro atoms. The van der Waals surface area contributed by atoms with Gasteiger partial charge in [0.15, 0.2) is 17.2 Å². The van der Waals surface area contributed by atoms with E-state index in [0.29, 0.717) is 11.3 Å². The molecule has 0 amide bonds. The van der Waals surface area contributed by atoms with Crippen molar-refractivity contribution in [2.45, 2.75) is 45.6 Å². The summed E-state index contributed by atoms with van der Waals surface area (Å²) < 4.78 is 58.4. The number of aliphatic hydroxyl groups excluding tert-OH is 1. The standard InChI is InChI=1S/C20H19F4N3O3/c1-11-8-16(30-10-14-13(21)4-3-7-25-14)19-26-12(2)18(27(19)9-11)15(28)5-6-17(29)20(22,23)24/h3-4,7-9,17,29H,5-6,10H2,1-2H3. The smallest absolute Gasteiger partial charge is 0.414 e. The van der Waals surface area contributed by atoms with E-state index < -0.39 is 36.7 Å². The van der Waals surface area contributed by atoms with Crippen molar-refractivity contribution in [3.8, 4) is 5.75 Å². The molecule has 0 aromatic carbocycles. The molecule has 0 bridgehead atoms. The minimum atomic E-state index is -4.78. The Kier molecular flexibility index (Phi) is 6.06. The van der Waals surface area contributed by atoms with Gasteiger partial charge in [0, 0.05) is 18.8 Å². The fourth-order valence-corrected chi connectivity index (χ4v) is 3.02. The molecule has 0 radical (unpaired) electrons. The van der Waals surface area contributed by atoms with Gasteiger partial charge in [0.1, 0.15) is 29.9 Å². The lowest BCUT2D eigenvalue weighted by atomic mass is 10.1. The monoisotopic (exact) mass is 425 g/mol. The maximum absolute atomic E-state index is 13.8. The van der Waals surface area contributed by atoms with Crippen LogP contribution in [0.1, 0.15) is 40.3 Å². The van der Waals surface area contributed by atoms with Gasteiger partial charge >= 0.3 is 6.18 Å². The van der Waals surface area contributed by atoms with Gasteiger partial charge in [-0.05, 0) is 44.0 Å². The number of rotatable bonds is 7.